The van der Waals surface area contributed by atoms with Crippen LogP contribution in [0.2, 0.25) is 0 Å². The van der Waals surface area contributed by atoms with E-state index in [1.54, 1.807) is 0 Å². The van der Waals surface area contributed by atoms with Crippen molar-refractivity contribution in [2.75, 3.05) is 12.3 Å². The quantitative estimate of drug-likeness (QED) is 0.769. The number of thioether (sulfide) groups is 1. The van der Waals surface area contributed by atoms with Crippen LogP contribution in [-0.4, -0.2) is 12.3 Å². The van der Waals surface area contributed by atoms with Crippen LogP contribution in [0.1, 0.15) is 25.8 Å². The van der Waals surface area contributed by atoms with Crippen molar-refractivity contribution >= 4 is 11.8 Å². The first-order valence-corrected chi connectivity index (χ1v) is 6.49. The molecule has 0 saturated heterocycles. The molecular formula is C12H17F2NS. The largest absolute Gasteiger partial charge is 0.313 e. The third-order valence-corrected chi connectivity index (χ3v) is 3.38. The van der Waals surface area contributed by atoms with Gasteiger partial charge in [-0.1, -0.05) is 13.8 Å². The molecule has 0 aliphatic heterocycles. The highest BCUT2D eigenvalue weighted by atomic mass is 32.2. The number of nitrogens with one attached hydrogen (secondary N) is 1. The minimum absolute atomic E-state index is 0.141. The van der Waals surface area contributed by atoms with Gasteiger partial charge in [-0.15, -0.1) is 11.8 Å². The molecule has 16 heavy (non-hydrogen) atoms. The smallest absolute Gasteiger partial charge is 0.140 e. The minimum Gasteiger partial charge on any atom is -0.313 e. The molecule has 0 bridgehead atoms. The second kappa shape index (κ2) is 6.86. The molecule has 0 aliphatic carbocycles. The second-order valence-corrected chi connectivity index (χ2v) is 4.62. The van der Waals surface area contributed by atoms with E-state index in [4.69, 9.17) is 0 Å². The standard InChI is InChI=1S/C12H17F2NS/c1-3-5-16-12-10(13)6-9(7-11(12)14)8-15-4-2/h6-7,15H,3-5,8H2,1-2H3. The van der Waals surface area contributed by atoms with E-state index in [-0.39, 0.29) is 4.90 Å². The predicted octanol–water partition coefficient (Wildman–Crippen LogP) is 3.58. The van der Waals surface area contributed by atoms with Crippen molar-refractivity contribution in [2.45, 2.75) is 31.7 Å². The van der Waals surface area contributed by atoms with Gasteiger partial charge in [0, 0.05) is 6.54 Å². The Hall–Kier alpha value is -0.610. The summed E-state index contributed by atoms with van der Waals surface area (Å²) in [4.78, 5) is 0.141. The minimum atomic E-state index is -0.452. The van der Waals surface area contributed by atoms with Crippen LogP contribution in [0.5, 0.6) is 0 Å². The van der Waals surface area contributed by atoms with E-state index in [1.807, 2.05) is 13.8 Å². The Balaban J connectivity index is 2.80. The van der Waals surface area contributed by atoms with Crippen LogP contribution in [0.25, 0.3) is 0 Å². The lowest BCUT2D eigenvalue weighted by Crippen LogP contribution is -2.12. The molecule has 0 spiro atoms. The number of hydrogen-bond acceptors (Lipinski definition) is 2. The molecule has 1 aromatic rings. The van der Waals surface area contributed by atoms with E-state index >= 15 is 0 Å². The van der Waals surface area contributed by atoms with E-state index in [1.165, 1.54) is 23.9 Å². The molecule has 4 heteroatoms. The number of halogens is 2. The molecule has 90 valence electrons. The van der Waals surface area contributed by atoms with Crippen LogP contribution >= 0.6 is 11.8 Å². The Labute approximate surface area is 99.6 Å². The highest BCUT2D eigenvalue weighted by Gasteiger charge is 2.11. The van der Waals surface area contributed by atoms with E-state index in [0.29, 0.717) is 12.1 Å². The summed E-state index contributed by atoms with van der Waals surface area (Å²) in [5, 5.41) is 3.04. The molecule has 0 aliphatic rings. The maximum Gasteiger partial charge on any atom is 0.140 e. The van der Waals surface area contributed by atoms with Crippen molar-refractivity contribution in [3.05, 3.63) is 29.3 Å². The van der Waals surface area contributed by atoms with E-state index in [9.17, 15) is 8.78 Å². The van der Waals surface area contributed by atoms with Crippen molar-refractivity contribution in [3.8, 4) is 0 Å². The summed E-state index contributed by atoms with van der Waals surface area (Å²) >= 11 is 1.24. The third kappa shape index (κ3) is 3.76. The molecular weight excluding hydrogens is 228 g/mol. The van der Waals surface area contributed by atoms with Crippen molar-refractivity contribution < 1.29 is 8.78 Å². The highest BCUT2D eigenvalue weighted by molar-refractivity contribution is 7.99. The van der Waals surface area contributed by atoms with E-state index in [2.05, 4.69) is 5.32 Å². The molecule has 0 atom stereocenters. The summed E-state index contributed by atoms with van der Waals surface area (Å²) in [6.45, 7) is 5.24. The highest BCUT2D eigenvalue weighted by Crippen LogP contribution is 2.26. The van der Waals surface area contributed by atoms with E-state index < -0.39 is 11.6 Å². The SMILES string of the molecule is CCCSc1c(F)cc(CNCC)cc1F. The van der Waals surface area contributed by atoms with Gasteiger partial charge in [-0.2, -0.15) is 0 Å². The molecule has 0 heterocycles. The predicted molar refractivity (Wildman–Crippen MR) is 64.8 cm³/mol. The van der Waals surface area contributed by atoms with Gasteiger partial charge in [0.15, 0.2) is 0 Å². The third-order valence-electron chi connectivity index (χ3n) is 2.09. The van der Waals surface area contributed by atoms with Crippen molar-refractivity contribution in [3.63, 3.8) is 0 Å². The van der Waals surface area contributed by atoms with Gasteiger partial charge in [-0.05, 0) is 36.4 Å². The van der Waals surface area contributed by atoms with Gasteiger partial charge in [0.1, 0.15) is 11.6 Å². The molecule has 0 aromatic heterocycles. The number of benzene rings is 1. The Morgan fingerprint density at radius 2 is 1.81 bits per heavy atom. The molecule has 1 rings (SSSR count). The Bertz CT molecular complexity index is 319. The average Bonchev–Trinajstić information content (AvgIpc) is 2.25. The molecule has 0 saturated carbocycles. The van der Waals surface area contributed by atoms with E-state index in [0.717, 1.165) is 18.7 Å². The summed E-state index contributed by atoms with van der Waals surface area (Å²) < 4.78 is 27.1. The Kier molecular flexibility index (Phi) is 5.77. The molecule has 0 fully saturated rings. The van der Waals surface area contributed by atoms with Gasteiger partial charge < -0.3 is 5.32 Å². The fourth-order valence-electron chi connectivity index (χ4n) is 1.33. The monoisotopic (exact) mass is 245 g/mol. The molecule has 1 N–H and O–H groups in total. The average molecular weight is 245 g/mol. The van der Waals surface area contributed by atoms with Crippen LogP contribution < -0.4 is 5.32 Å². The van der Waals surface area contributed by atoms with Crippen LogP contribution in [0.15, 0.2) is 17.0 Å². The van der Waals surface area contributed by atoms with Crippen molar-refractivity contribution in [2.24, 2.45) is 0 Å². The topological polar surface area (TPSA) is 12.0 Å². The molecule has 0 unspecified atom stereocenters. The van der Waals surface area contributed by atoms with Crippen molar-refractivity contribution in [1.82, 2.24) is 5.32 Å². The maximum atomic E-state index is 13.6. The molecule has 0 amide bonds. The van der Waals surface area contributed by atoms with Gasteiger partial charge in [-0.3, -0.25) is 0 Å². The zero-order valence-corrected chi connectivity index (χ0v) is 10.5. The first-order valence-electron chi connectivity index (χ1n) is 5.50. The number of rotatable bonds is 6. The summed E-state index contributed by atoms with van der Waals surface area (Å²) in [6, 6.07) is 2.81. The number of hydrogen-bond donors (Lipinski definition) is 1. The fourth-order valence-corrected chi connectivity index (χ4v) is 2.13. The maximum absolute atomic E-state index is 13.6. The van der Waals surface area contributed by atoms with Crippen LogP contribution in [0.4, 0.5) is 8.78 Å². The van der Waals surface area contributed by atoms with Crippen LogP contribution in [-0.2, 0) is 6.54 Å². The lowest BCUT2D eigenvalue weighted by atomic mass is 10.2. The summed E-state index contributed by atoms with van der Waals surface area (Å²) in [5.41, 5.74) is 0.651. The zero-order chi connectivity index (χ0) is 12.0. The van der Waals surface area contributed by atoms with Crippen LogP contribution in [0, 0.1) is 11.6 Å². The lowest BCUT2D eigenvalue weighted by molar-refractivity contribution is 0.535. The summed E-state index contributed by atoms with van der Waals surface area (Å²) in [6.07, 6.45) is 0.905. The molecule has 0 radical (unpaired) electrons. The first kappa shape index (κ1) is 13.5. The lowest BCUT2D eigenvalue weighted by Gasteiger charge is -2.07. The second-order valence-electron chi connectivity index (χ2n) is 3.52. The van der Waals surface area contributed by atoms with Gasteiger partial charge in [0.05, 0.1) is 4.90 Å². The van der Waals surface area contributed by atoms with Gasteiger partial charge in [0.2, 0.25) is 0 Å². The molecule has 1 aromatic carbocycles. The zero-order valence-electron chi connectivity index (χ0n) is 9.65. The Morgan fingerprint density at radius 3 is 2.31 bits per heavy atom. The van der Waals surface area contributed by atoms with Gasteiger partial charge in [-0.25, -0.2) is 8.78 Å². The van der Waals surface area contributed by atoms with Crippen molar-refractivity contribution in [1.29, 1.82) is 0 Å². The summed E-state index contributed by atoms with van der Waals surface area (Å²) in [5.74, 6) is -0.168. The van der Waals surface area contributed by atoms with Crippen LogP contribution in [0.3, 0.4) is 0 Å². The fraction of sp³-hybridized carbons (Fsp3) is 0.500. The van der Waals surface area contributed by atoms with Gasteiger partial charge >= 0.3 is 0 Å². The Morgan fingerprint density at radius 1 is 1.19 bits per heavy atom. The summed E-state index contributed by atoms with van der Waals surface area (Å²) in [7, 11) is 0. The first-order chi connectivity index (χ1) is 7.69. The molecule has 1 nitrogen and oxygen atoms in total. The normalized spacial score (nSPS) is 10.8. The van der Waals surface area contributed by atoms with Gasteiger partial charge in [0.25, 0.3) is 0 Å².